The normalized spacial score (nSPS) is 32.1. The van der Waals surface area contributed by atoms with Crippen LogP contribution in [0.15, 0.2) is 48.2 Å². The van der Waals surface area contributed by atoms with Crippen molar-refractivity contribution in [3.8, 4) is 0 Å². The monoisotopic (exact) mass is 415 g/mol. The Labute approximate surface area is 176 Å². The number of nitrogens with two attached hydrogens (primary N) is 1. The van der Waals surface area contributed by atoms with Crippen molar-refractivity contribution in [1.82, 2.24) is 10.2 Å². The van der Waals surface area contributed by atoms with Gasteiger partial charge in [0.2, 0.25) is 17.7 Å². The van der Waals surface area contributed by atoms with Gasteiger partial charge in [0.1, 0.15) is 0 Å². The number of nitrogens with one attached hydrogen (secondary N) is 1. The number of nitrogens with zero attached hydrogens (tertiary/aromatic N) is 1. The molecule has 1 saturated heterocycles. The molecule has 1 aliphatic heterocycles. The summed E-state index contributed by atoms with van der Waals surface area (Å²) in [5, 5.41) is 2.73. The van der Waals surface area contributed by atoms with Crippen LogP contribution in [-0.2, 0) is 14.4 Å². The third-order valence-corrected chi connectivity index (χ3v) is 6.80. The Balaban J connectivity index is 1.46. The predicted octanol–water partition coefficient (Wildman–Crippen LogP) is 2.29. The van der Waals surface area contributed by atoms with Gasteiger partial charge in [0.05, 0.1) is 5.25 Å². The van der Waals surface area contributed by atoms with E-state index >= 15 is 0 Å². The Bertz CT molecular complexity index is 748. The van der Waals surface area contributed by atoms with E-state index in [9.17, 15) is 14.4 Å². The fourth-order valence-electron chi connectivity index (χ4n) is 3.94. The molecule has 3 rings (SSSR count). The SMILES string of the molecule is NCCSC1CC(=O)N(CC2CCC(C(=O)NC3=C/C=C\C=C/C=C\3)CC2)C1=O. The number of thioether (sulfide) groups is 1. The molecule has 0 spiro atoms. The van der Waals surface area contributed by atoms with Gasteiger partial charge < -0.3 is 11.1 Å². The van der Waals surface area contributed by atoms with E-state index in [1.807, 2.05) is 42.5 Å². The van der Waals surface area contributed by atoms with Crippen molar-refractivity contribution in [2.45, 2.75) is 37.4 Å². The molecule has 0 bridgehead atoms. The van der Waals surface area contributed by atoms with Gasteiger partial charge in [-0.15, -0.1) is 11.8 Å². The molecule has 3 aliphatic rings. The fourth-order valence-corrected chi connectivity index (χ4v) is 4.90. The Hall–Kier alpha value is -2.12. The van der Waals surface area contributed by atoms with Crippen LogP contribution in [0, 0.1) is 11.8 Å². The van der Waals surface area contributed by atoms with Crippen molar-refractivity contribution in [1.29, 1.82) is 0 Å². The number of rotatable bonds is 7. The molecule has 1 atom stereocenters. The number of carbonyl (C=O) groups is 3. The summed E-state index contributed by atoms with van der Waals surface area (Å²) in [5.41, 5.74) is 6.29. The molecular formula is C22H29N3O3S. The standard InChI is InChI=1S/C22H29N3O3S/c23-12-13-29-19-14-20(26)25(22(19)28)15-16-8-10-17(11-9-16)21(27)24-18-6-4-2-1-3-5-7-18/h1-7,16-17,19H,8-15,23H2,(H,24,27)/b2-1-,3-1?,4-2?,5-3-,6-4-,7-5?,18-6?,18-7+. The summed E-state index contributed by atoms with van der Waals surface area (Å²) in [5.74, 6) is 0.842. The molecule has 0 aromatic heterocycles. The Morgan fingerprint density at radius 2 is 1.83 bits per heavy atom. The number of imide groups is 1. The zero-order valence-electron chi connectivity index (χ0n) is 16.6. The van der Waals surface area contributed by atoms with Gasteiger partial charge in [-0.2, -0.15) is 0 Å². The molecule has 3 N–H and O–H groups in total. The summed E-state index contributed by atoms with van der Waals surface area (Å²) >= 11 is 1.48. The highest BCUT2D eigenvalue weighted by Crippen LogP contribution is 2.32. The third kappa shape index (κ3) is 5.93. The molecule has 2 fully saturated rings. The minimum absolute atomic E-state index is 0.0247. The molecule has 1 saturated carbocycles. The topological polar surface area (TPSA) is 92.5 Å². The molecule has 156 valence electrons. The van der Waals surface area contributed by atoms with Crippen LogP contribution in [0.4, 0.5) is 0 Å². The number of likely N-dealkylation sites (tertiary alicyclic amines) is 1. The van der Waals surface area contributed by atoms with Crippen molar-refractivity contribution in [2.75, 3.05) is 18.8 Å². The highest BCUT2D eigenvalue weighted by atomic mass is 32.2. The molecule has 2 aliphatic carbocycles. The minimum atomic E-state index is -0.276. The fraction of sp³-hybridized carbons (Fsp3) is 0.500. The Morgan fingerprint density at radius 1 is 1.10 bits per heavy atom. The lowest BCUT2D eigenvalue weighted by Gasteiger charge is -2.30. The summed E-state index contributed by atoms with van der Waals surface area (Å²) in [7, 11) is 0. The van der Waals surface area contributed by atoms with E-state index in [0.717, 1.165) is 31.4 Å². The minimum Gasteiger partial charge on any atom is -0.330 e. The lowest BCUT2D eigenvalue weighted by Crippen LogP contribution is -2.38. The maximum atomic E-state index is 12.6. The average molecular weight is 416 g/mol. The summed E-state index contributed by atoms with van der Waals surface area (Å²) in [6.45, 7) is 0.991. The number of allylic oxidation sites excluding steroid dienone is 7. The molecule has 0 aromatic rings. The second-order valence-corrected chi connectivity index (χ2v) is 8.96. The number of hydrogen-bond acceptors (Lipinski definition) is 5. The van der Waals surface area contributed by atoms with Crippen molar-refractivity contribution < 1.29 is 14.4 Å². The third-order valence-electron chi connectivity index (χ3n) is 5.56. The van der Waals surface area contributed by atoms with Crippen molar-refractivity contribution in [3.63, 3.8) is 0 Å². The number of amides is 3. The molecule has 1 unspecified atom stereocenters. The maximum Gasteiger partial charge on any atom is 0.242 e. The first-order valence-corrected chi connectivity index (χ1v) is 11.3. The van der Waals surface area contributed by atoms with Crippen LogP contribution in [0.25, 0.3) is 0 Å². The number of hydrogen-bond donors (Lipinski definition) is 2. The van der Waals surface area contributed by atoms with E-state index < -0.39 is 0 Å². The van der Waals surface area contributed by atoms with Gasteiger partial charge in [0, 0.05) is 36.9 Å². The largest absolute Gasteiger partial charge is 0.330 e. The van der Waals surface area contributed by atoms with Gasteiger partial charge >= 0.3 is 0 Å². The number of carbonyl (C=O) groups excluding carboxylic acids is 3. The van der Waals surface area contributed by atoms with Gasteiger partial charge in [-0.1, -0.05) is 30.4 Å². The van der Waals surface area contributed by atoms with Crippen LogP contribution in [0.5, 0.6) is 0 Å². The first-order chi connectivity index (χ1) is 14.1. The van der Waals surface area contributed by atoms with Crippen LogP contribution in [-0.4, -0.2) is 46.7 Å². The van der Waals surface area contributed by atoms with Gasteiger partial charge in [-0.25, -0.2) is 0 Å². The summed E-state index contributed by atoms with van der Waals surface area (Å²) in [4.78, 5) is 38.8. The van der Waals surface area contributed by atoms with Crippen LogP contribution in [0.3, 0.4) is 0 Å². The van der Waals surface area contributed by atoms with E-state index in [0.29, 0.717) is 18.8 Å². The van der Waals surface area contributed by atoms with Gasteiger partial charge in [0.25, 0.3) is 0 Å². The van der Waals surface area contributed by atoms with Gasteiger partial charge in [-0.3, -0.25) is 19.3 Å². The molecule has 6 nitrogen and oxygen atoms in total. The first kappa shape index (κ1) is 21.6. The Morgan fingerprint density at radius 3 is 2.59 bits per heavy atom. The lowest BCUT2D eigenvalue weighted by molar-refractivity contribution is -0.139. The van der Waals surface area contributed by atoms with Gasteiger partial charge in [0.15, 0.2) is 0 Å². The molecule has 1 heterocycles. The van der Waals surface area contributed by atoms with E-state index in [1.54, 1.807) is 0 Å². The zero-order valence-corrected chi connectivity index (χ0v) is 17.4. The predicted molar refractivity (Wildman–Crippen MR) is 116 cm³/mol. The maximum absolute atomic E-state index is 12.6. The van der Waals surface area contributed by atoms with Crippen LogP contribution in [0.2, 0.25) is 0 Å². The molecule has 3 amide bonds. The highest BCUT2D eigenvalue weighted by Gasteiger charge is 2.40. The second-order valence-electron chi connectivity index (χ2n) is 7.65. The van der Waals surface area contributed by atoms with Crippen LogP contribution in [0.1, 0.15) is 32.1 Å². The quantitative estimate of drug-likeness (QED) is 0.623. The lowest BCUT2D eigenvalue weighted by atomic mass is 9.81. The highest BCUT2D eigenvalue weighted by molar-refractivity contribution is 8.00. The second kappa shape index (κ2) is 10.6. The van der Waals surface area contributed by atoms with E-state index in [1.165, 1.54) is 16.7 Å². The molecule has 0 radical (unpaired) electrons. The molecule has 0 aromatic carbocycles. The summed E-state index contributed by atoms with van der Waals surface area (Å²) in [6.07, 6.45) is 16.9. The summed E-state index contributed by atoms with van der Waals surface area (Å²) in [6, 6.07) is 0. The molecular weight excluding hydrogens is 386 g/mol. The smallest absolute Gasteiger partial charge is 0.242 e. The van der Waals surface area contributed by atoms with Crippen molar-refractivity contribution in [2.24, 2.45) is 17.6 Å². The Kier molecular flexibility index (Phi) is 7.89. The van der Waals surface area contributed by atoms with E-state index in [4.69, 9.17) is 5.73 Å². The molecule has 29 heavy (non-hydrogen) atoms. The molecule has 7 heteroatoms. The average Bonchev–Trinajstić information content (AvgIpc) is 2.96. The van der Waals surface area contributed by atoms with E-state index in [2.05, 4.69) is 5.32 Å². The zero-order chi connectivity index (χ0) is 20.6. The first-order valence-electron chi connectivity index (χ1n) is 10.3. The summed E-state index contributed by atoms with van der Waals surface area (Å²) < 4.78 is 0. The van der Waals surface area contributed by atoms with Crippen molar-refractivity contribution >= 4 is 29.5 Å². The van der Waals surface area contributed by atoms with Crippen LogP contribution < -0.4 is 11.1 Å². The van der Waals surface area contributed by atoms with Gasteiger partial charge in [-0.05, 0) is 43.8 Å². The van der Waals surface area contributed by atoms with Crippen molar-refractivity contribution in [3.05, 3.63) is 48.2 Å². The van der Waals surface area contributed by atoms with Crippen LogP contribution >= 0.6 is 11.8 Å². The van der Waals surface area contributed by atoms with E-state index in [-0.39, 0.29) is 41.2 Å².